The number of benzene rings is 2. The maximum Gasteiger partial charge on any atom is 0.325 e. The second kappa shape index (κ2) is 33.5. The number of carbonyl (C=O) groups excluding carboxylic acids is 7. The first-order chi connectivity index (χ1) is 34.6. The average Bonchev–Trinajstić information content (AvgIpc) is 3.33. The van der Waals surface area contributed by atoms with Gasteiger partial charge >= 0.3 is 11.9 Å². The summed E-state index contributed by atoms with van der Waals surface area (Å²) in [5.74, 6) is -9.02. The van der Waals surface area contributed by atoms with Crippen LogP contribution in [0.25, 0.3) is 0 Å². The number of nitrogens with two attached hydrogens (primary N) is 4. The number of guanidine groups is 1. The van der Waals surface area contributed by atoms with E-state index in [0.29, 0.717) is 36.8 Å². The molecule has 2 aromatic rings. The van der Waals surface area contributed by atoms with Crippen LogP contribution in [0.1, 0.15) is 96.1 Å². The van der Waals surface area contributed by atoms with Crippen LogP contribution in [0, 0.1) is 11.3 Å². The molecule has 2 rings (SSSR count). The first-order valence-electron chi connectivity index (χ1n) is 24.5. The molecule has 0 fully saturated rings. The molecule has 0 radical (unpaired) electrons. The molecule has 0 unspecified atom stereocenters. The fourth-order valence-corrected chi connectivity index (χ4v) is 7.42. The summed E-state index contributed by atoms with van der Waals surface area (Å²) < 4.78 is 0. The van der Waals surface area contributed by atoms with Crippen LogP contribution in [0.2, 0.25) is 0 Å². The van der Waals surface area contributed by atoms with Gasteiger partial charge in [0.1, 0.15) is 42.3 Å². The molecule has 19 N–H and O–H groups in total. The van der Waals surface area contributed by atoms with Crippen LogP contribution >= 0.6 is 0 Å². The van der Waals surface area contributed by atoms with Gasteiger partial charge in [0.15, 0.2) is 5.96 Å². The predicted molar refractivity (Wildman–Crippen MR) is 272 cm³/mol. The highest BCUT2D eigenvalue weighted by atomic mass is 16.4. The molecule has 404 valence electrons. The highest BCUT2D eigenvalue weighted by molar-refractivity contribution is 5.98. The van der Waals surface area contributed by atoms with E-state index in [0.717, 1.165) is 0 Å². The quantitative estimate of drug-likeness (QED) is 0.0209. The Bertz CT molecular complexity index is 2120. The van der Waals surface area contributed by atoms with Crippen molar-refractivity contribution in [3.05, 3.63) is 71.8 Å². The van der Waals surface area contributed by atoms with E-state index in [-0.39, 0.29) is 76.5 Å². The van der Waals surface area contributed by atoms with Gasteiger partial charge in [0.25, 0.3) is 0 Å². The minimum atomic E-state index is -1.76. The van der Waals surface area contributed by atoms with Crippen molar-refractivity contribution in [2.24, 2.45) is 28.9 Å². The van der Waals surface area contributed by atoms with Gasteiger partial charge in [-0.15, -0.1) is 0 Å². The molecule has 24 heteroatoms. The van der Waals surface area contributed by atoms with E-state index in [4.69, 9.17) is 28.3 Å². The van der Waals surface area contributed by atoms with Crippen LogP contribution in [0.15, 0.2) is 60.7 Å². The minimum absolute atomic E-state index is 0.0430. The summed E-state index contributed by atoms with van der Waals surface area (Å²) in [6.45, 7) is 5.66. The summed E-state index contributed by atoms with van der Waals surface area (Å²) in [7, 11) is 0. The van der Waals surface area contributed by atoms with Crippen molar-refractivity contribution in [3.63, 3.8) is 0 Å². The highest BCUT2D eigenvalue weighted by Crippen LogP contribution is 2.12. The lowest BCUT2D eigenvalue weighted by atomic mass is 9.99. The third-order valence-corrected chi connectivity index (χ3v) is 11.4. The largest absolute Gasteiger partial charge is 0.481 e. The zero-order chi connectivity index (χ0) is 54.5. The van der Waals surface area contributed by atoms with Crippen LogP contribution < -0.4 is 65.5 Å². The van der Waals surface area contributed by atoms with Gasteiger partial charge in [-0.2, -0.15) is 0 Å². The van der Waals surface area contributed by atoms with E-state index < -0.39 is 108 Å². The van der Waals surface area contributed by atoms with E-state index in [2.05, 4.69) is 42.5 Å². The summed E-state index contributed by atoms with van der Waals surface area (Å²) in [6, 6.07) is 6.59. The highest BCUT2D eigenvalue weighted by Gasteiger charge is 2.35. The van der Waals surface area contributed by atoms with Crippen molar-refractivity contribution in [2.75, 3.05) is 19.6 Å². The summed E-state index contributed by atoms with van der Waals surface area (Å²) in [6.07, 6.45) is 1.09. The third kappa shape index (κ3) is 24.7. The predicted octanol–water partition coefficient (Wildman–Crippen LogP) is -1.66. The Morgan fingerprint density at radius 3 is 1.34 bits per heavy atom. The van der Waals surface area contributed by atoms with Crippen LogP contribution in [0.3, 0.4) is 0 Å². The standard InChI is InChI=1S/C49H77N13O11/c1-29(2)25-36(44(68)56-30(3)48(72)73)59-45(69)38(27-32-17-8-5-9-18-32)61-46(70)37(26-31-15-6-4-7-16-31)60-43(67)35(21-11-13-23-51)58-47(71)39(28-40(63)64)62-42(66)34(20-10-12-22-50)57-41(65)33(52)19-14-24-55-49(53)54/h4-9,15-18,29-30,33-39H,10-14,19-28,50-52H2,1-3H3,(H,56,68)(H,57,65)(H,58,71)(H,59,69)(H,60,67)(H,61,70)(H,62,66)(H,63,64)(H,72,73)(H4,53,54,55)/t30-,33-,34-,35-,36-,37-,38-,39-/m0/s1. The molecule has 0 bridgehead atoms. The molecule has 24 nitrogen and oxygen atoms in total. The van der Waals surface area contributed by atoms with Gasteiger partial charge in [0.2, 0.25) is 41.4 Å². The molecule has 8 atom stereocenters. The molecule has 0 saturated carbocycles. The van der Waals surface area contributed by atoms with Crippen molar-refractivity contribution in [3.8, 4) is 0 Å². The Kier molecular flexibility index (Phi) is 28.4. The Morgan fingerprint density at radius 2 is 0.918 bits per heavy atom. The Hall–Kier alpha value is -7.18. The maximum absolute atomic E-state index is 14.5. The molecule has 0 saturated heterocycles. The number of hydrogen-bond acceptors (Lipinski definition) is 13. The topological polar surface area (TPSA) is 418 Å². The lowest BCUT2D eigenvalue weighted by Gasteiger charge is -2.28. The zero-order valence-electron chi connectivity index (χ0n) is 42.0. The van der Waals surface area contributed by atoms with E-state index in [1.807, 2.05) is 13.8 Å². The molecule has 0 spiro atoms. The average molecular weight is 1020 g/mol. The number of carbonyl (C=O) groups is 9. The summed E-state index contributed by atoms with van der Waals surface area (Å²) in [5, 5.41) is 47.2. The second-order valence-electron chi connectivity index (χ2n) is 18.2. The molecule has 0 heterocycles. The first kappa shape index (κ1) is 61.9. The van der Waals surface area contributed by atoms with Crippen LogP contribution in [0.4, 0.5) is 0 Å². The Morgan fingerprint density at radius 1 is 0.521 bits per heavy atom. The molecule has 0 aromatic heterocycles. The zero-order valence-corrected chi connectivity index (χ0v) is 42.0. The number of carboxylic acids is 2. The molecular formula is C49H77N13O11. The van der Waals surface area contributed by atoms with Crippen LogP contribution in [-0.4, -0.2) is 137 Å². The molecule has 73 heavy (non-hydrogen) atoms. The van der Waals surface area contributed by atoms with Gasteiger partial charge in [-0.3, -0.25) is 48.6 Å². The monoisotopic (exact) mass is 1020 g/mol. The van der Waals surface area contributed by atoms with E-state index in [1.54, 1.807) is 60.7 Å². The van der Waals surface area contributed by atoms with E-state index >= 15 is 0 Å². The minimum Gasteiger partial charge on any atom is -0.481 e. The molecule has 0 aliphatic rings. The molecule has 0 aliphatic heterocycles. The van der Waals surface area contributed by atoms with Gasteiger partial charge in [-0.25, -0.2) is 0 Å². The smallest absolute Gasteiger partial charge is 0.325 e. The normalized spacial score (nSPS) is 14.3. The first-order valence-corrected chi connectivity index (χ1v) is 24.5. The van der Waals surface area contributed by atoms with Crippen molar-refractivity contribution in [2.45, 2.75) is 146 Å². The fraction of sp³-hybridized carbons (Fsp3) is 0.551. The number of hydrogen-bond donors (Lipinski definition) is 15. The second-order valence-corrected chi connectivity index (χ2v) is 18.2. The summed E-state index contributed by atoms with van der Waals surface area (Å²) in [4.78, 5) is 121. The summed E-state index contributed by atoms with van der Waals surface area (Å²) >= 11 is 0. The number of nitrogens with one attached hydrogen (secondary N) is 9. The van der Waals surface area contributed by atoms with Gasteiger partial charge in [-0.1, -0.05) is 74.5 Å². The number of unbranched alkanes of at least 4 members (excludes halogenated alkanes) is 2. The van der Waals surface area contributed by atoms with Gasteiger partial charge in [-0.05, 0) is 94.8 Å². The van der Waals surface area contributed by atoms with Gasteiger partial charge < -0.3 is 75.7 Å². The number of rotatable bonds is 35. The number of amides is 7. The molecule has 0 aliphatic carbocycles. The fourth-order valence-electron chi connectivity index (χ4n) is 7.42. The number of carboxylic acid groups (broad SMARTS) is 2. The third-order valence-electron chi connectivity index (χ3n) is 11.4. The maximum atomic E-state index is 14.5. The van der Waals surface area contributed by atoms with Crippen molar-refractivity contribution in [1.82, 2.24) is 42.5 Å². The van der Waals surface area contributed by atoms with Crippen LogP contribution in [-0.2, 0) is 56.0 Å². The lowest BCUT2D eigenvalue weighted by Crippen LogP contribution is -2.61. The Balaban J connectivity index is 2.48. The van der Waals surface area contributed by atoms with Gasteiger partial charge in [0.05, 0.1) is 12.5 Å². The van der Waals surface area contributed by atoms with Crippen molar-refractivity contribution < 1.29 is 53.4 Å². The SMILES string of the molecule is CC(C)C[C@H](NC(=O)[C@H](Cc1ccccc1)NC(=O)[C@H](Cc1ccccc1)NC(=O)[C@H](CCCCN)NC(=O)[C@H](CC(=O)O)NC(=O)[C@H](CCCCN)NC(=O)[C@@H](N)CCCNC(=N)N)C(=O)N[C@@H](C)C(=O)O. The number of aliphatic carboxylic acids is 2. The van der Waals surface area contributed by atoms with E-state index in [1.165, 1.54) is 6.92 Å². The Labute approximate surface area is 425 Å². The van der Waals surface area contributed by atoms with Crippen LogP contribution in [0.5, 0.6) is 0 Å². The molecule has 2 aromatic carbocycles. The molecule has 7 amide bonds. The van der Waals surface area contributed by atoms with Crippen molar-refractivity contribution in [1.29, 1.82) is 5.41 Å². The van der Waals surface area contributed by atoms with E-state index in [9.17, 15) is 53.4 Å². The van der Waals surface area contributed by atoms with Gasteiger partial charge in [0, 0.05) is 19.4 Å². The summed E-state index contributed by atoms with van der Waals surface area (Å²) in [5.41, 5.74) is 24.0. The lowest BCUT2D eigenvalue weighted by molar-refractivity contribution is -0.142. The van der Waals surface area contributed by atoms with Crippen molar-refractivity contribution >= 4 is 59.2 Å². The molecular weight excluding hydrogens is 947 g/mol.